The fourth-order valence-corrected chi connectivity index (χ4v) is 3.91. The lowest BCUT2D eigenvalue weighted by molar-refractivity contribution is -0.0559. The van der Waals surface area contributed by atoms with E-state index in [2.05, 4.69) is 19.1 Å². The Hall–Kier alpha value is -0.610. The third-order valence-corrected chi connectivity index (χ3v) is 5.35. The Balaban J connectivity index is 2.17. The van der Waals surface area contributed by atoms with Crippen molar-refractivity contribution in [3.8, 4) is 0 Å². The van der Waals surface area contributed by atoms with Crippen molar-refractivity contribution in [3.63, 3.8) is 0 Å². The minimum absolute atomic E-state index is 0.0277. The lowest BCUT2D eigenvalue weighted by atomic mass is 9.58. The SMILES string of the molecule is CCCC(O)(COC)CC(N)C1(c2ccc(Cl)cc2)CCC1. The van der Waals surface area contributed by atoms with Gasteiger partial charge >= 0.3 is 0 Å². The molecule has 0 spiro atoms. The van der Waals surface area contributed by atoms with Crippen LogP contribution in [0, 0.1) is 0 Å². The van der Waals surface area contributed by atoms with Gasteiger partial charge in [0.05, 0.1) is 12.2 Å². The molecule has 2 atom stereocenters. The highest BCUT2D eigenvalue weighted by molar-refractivity contribution is 6.30. The standard InChI is InChI=1S/C18H28ClNO2/c1-3-9-17(21,13-22-2)12-16(20)18(10-4-11-18)14-5-7-15(19)8-6-14/h5-8,16,21H,3-4,9-13,20H2,1-2H3. The molecule has 0 heterocycles. The smallest absolute Gasteiger partial charge is 0.0894 e. The largest absolute Gasteiger partial charge is 0.387 e. The number of benzene rings is 1. The first kappa shape index (κ1) is 17.7. The molecule has 1 aliphatic carbocycles. The lowest BCUT2D eigenvalue weighted by Gasteiger charge is -2.49. The van der Waals surface area contributed by atoms with Crippen molar-refractivity contribution in [1.29, 1.82) is 0 Å². The summed E-state index contributed by atoms with van der Waals surface area (Å²) >= 11 is 6.00. The zero-order chi connectivity index (χ0) is 16.2. The van der Waals surface area contributed by atoms with Crippen molar-refractivity contribution in [2.24, 2.45) is 5.73 Å². The van der Waals surface area contributed by atoms with Crippen LogP contribution in [0.4, 0.5) is 0 Å². The van der Waals surface area contributed by atoms with E-state index in [1.165, 1.54) is 12.0 Å². The molecule has 3 N–H and O–H groups in total. The minimum atomic E-state index is -0.835. The Morgan fingerprint density at radius 2 is 2.00 bits per heavy atom. The second-order valence-corrected chi connectivity index (χ2v) is 7.17. The van der Waals surface area contributed by atoms with E-state index in [4.69, 9.17) is 22.1 Å². The van der Waals surface area contributed by atoms with Gasteiger partial charge in [-0.1, -0.05) is 43.5 Å². The quantitative estimate of drug-likeness (QED) is 0.767. The van der Waals surface area contributed by atoms with Crippen LogP contribution in [-0.4, -0.2) is 30.5 Å². The zero-order valence-corrected chi connectivity index (χ0v) is 14.4. The van der Waals surface area contributed by atoms with Crippen LogP contribution >= 0.6 is 11.6 Å². The maximum Gasteiger partial charge on any atom is 0.0894 e. The van der Waals surface area contributed by atoms with Gasteiger partial charge in [0.15, 0.2) is 0 Å². The molecule has 4 heteroatoms. The molecular weight excluding hydrogens is 298 g/mol. The van der Waals surface area contributed by atoms with Crippen LogP contribution in [0.5, 0.6) is 0 Å². The van der Waals surface area contributed by atoms with Crippen molar-refractivity contribution in [3.05, 3.63) is 34.9 Å². The number of nitrogens with two attached hydrogens (primary N) is 1. The number of ether oxygens (including phenoxy) is 1. The normalized spacial score (nSPS) is 21.0. The molecule has 1 aromatic rings. The molecule has 1 saturated carbocycles. The number of rotatable bonds is 8. The molecule has 0 saturated heterocycles. The first-order chi connectivity index (χ1) is 10.5. The van der Waals surface area contributed by atoms with Gasteiger partial charge in [-0.05, 0) is 43.4 Å². The molecule has 1 aromatic carbocycles. The van der Waals surface area contributed by atoms with Crippen LogP contribution in [0.3, 0.4) is 0 Å². The Morgan fingerprint density at radius 3 is 2.45 bits per heavy atom. The van der Waals surface area contributed by atoms with Gasteiger partial charge in [-0.2, -0.15) is 0 Å². The van der Waals surface area contributed by atoms with Gasteiger partial charge in [-0.25, -0.2) is 0 Å². The summed E-state index contributed by atoms with van der Waals surface area (Å²) in [6.45, 7) is 2.41. The summed E-state index contributed by atoms with van der Waals surface area (Å²) in [5.41, 5.74) is 6.96. The third-order valence-electron chi connectivity index (χ3n) is 5.10. The van der Waals surface area contributed by atoms with Crippen molar-refractivity contribution in [2.75, 3.05) is 13.7 Å². The van der Waals surface area contributed by atoms with E-state index in [9.17, 15) is 5.11 Å². The molecule has 1 fully saturated rings. The van der Waals surface area contributed by atoms with E-state index in [-0.39, 0.29) is 11.5 Å². The van der Waals surface area contributed by atoms with Crippen LogP contribution in [0.1, 0.15) is 51.0 Å². The van der Waals surface area contributed by atoms with Gasteiger partial charge in [0.25, 0.3) is 0 Å². The average molecular weight is 326 g/mol. The predicted molar refractivity (Wildman–Crippen MR) is 91.3 cm³/mol. The second-order valence-electron chi connectivity index (χ2n) is 6.73. The Bertz CT molecular complexity index is 464. The molecule has 0 amide bonds. The summed E-state index contributed by atoms with van der Waals surface area (Å²) in [5.74, 6) is 0. The lowest BCUT2D eigenvalue weighted by Crippen LogP contribution is -2.54. The van der Waals surface area contributed by atoms with Gasteiger partial charge in [0.1, 0.15) is 0 Å². The van der Waals surface area contributed by atoms with Crippen LogP contribution in [-0.2, 0) is 10.2 Å². The van der Waals surface area contributed by atoms with Gasteiger partial charge < -0.3 is 15.6 Å². The van der Waals surface area contributed by atoms with Crippen LogP contribution in [0.25, 0.3) is 0 Å². The van der Waals surface area contributed by atoms with E-state index in [1.54, 1.807) is 7.11 Å². The Morgan fingerprint density at radius 1 is 1.36 bits per heavy atom. The monoisotopic (exact) mass is 325 g/mol. The minimum Gasteiger partial charge on any atom is -0.387 e. The van der Waals surface area contributed by atoms with Crippen molar-refractivity contribution < 1.29 is 9.84 Å². The molecular formula is C18H28ClNO2. The molecule has 124 valence electrons. The maximum absolute atomic E-state index is 10.8. The highest BCUT2D eigenvalue weighted by Crippen LogP contribution is 2.48. The maximum atomic E-state index is 10.8. The van der Waals surface area contributed by atoms with E-state index in [0.717, 1.165) is 24.3 Å². The zero-order valence-electron chi connectivity index (χ0n) is 13.6. The van der Waals surface area contributed by atoms with Crippen molar-refractivity contribution in [2.45, 2.75) is 62.5 Å². The van der Waals surface area contributed by atoms with E-state index >= 15 is 0 Å². The summed E-state index contributed by atoms with van der Waals surface area (Å²) in [6, 6.07) is 7.94. The van der Waals surface area contributed by atoms with E-state index < -0.39 is 5.60 Å². The molecule has 2 unspecified atom stereocenters. The first-order valence-corrected chi connectivity index (χ1v) is 8.56. The number of hydrogen-bond acceptors (Lipinski definition) is 3. The fourth-order valence-electron chi connectivity index (χ4n) is 3.78. The molecule has 22 heavy (non-hydrogen) atoms. The van der Waals surface area contributed by atoms with Crippen molar-refractivity contribution in [1.82, 2.24) is 0 Å². The summed E-state index contributed by atoms with van der Waals surface area (Å²) in [5, 5.41) is 11.6. The van der Waals surface area contributed by atoms with Gasteiger partial charge in [0, 0.05) is 23.6 Å². The topological polar surface area (TPSA) is 55.5 Å². The summed E-state index contributed by atoms with van der Waals surface area (Å²) < 4.78 is 5.22. The third kappa shape index (κ3) is 3.65. The summed E-state index contributed by atoms with van der Waals surface area (Å²) in [7, 11) is 1.63. The number of aliphatic hydroxyl groups is 1. The molecule has 0 bridgehead atoms. The van der Waals surface area contributed by atoms with Crippen LogP contribution in [0.15, 0.2) is 24.3 Å². The molecule has 0 radical (unpaired) electrons. The molecule has 3 nitrogen and oxygen atoms in total. The summed E-state index contributed by atoms with van der Waals surface area (Å²) in [4.78, 5) is 0. The average Bonchev–Trinajstić information content (AvgIpc) is 2.39. The van der Waals surface area contributed by atoms with Gasteiger partial charge in [-0.15, -0.1) is 0 Å². The van der Waals surface area contributed by atoms with Gasteiger partial charge in [-0.3, -0.25) is 0 Å². The fraction of sp³-hybridized carbons (Fsp3) is 0.667. The van der Waals surface area contributed by atoms with Crippen molar-refractivity contribution >= 4 is 11.6 Å². The second kappa shape index (κ2) is 7.31. The number of hydrogen-bond donors (Lipinski definition) is 2. The molecule has 0 aromatic heterocycles. The highest BCUT2D eigenvalue weighted by Gasteiger charge is 2.46. The predicted octanol–water partition coefficient (Wildman–Crippen LogP) is 3.66. The van der Waals surface area contributed by atoms with E-state index in [0.29, 0.717) is 19.4 Å². The Labute approximate surface area is 138 Å². The number of methoxy groups -OCH3 is 1. The Kier molecular flexibility index (Phi) is 5.89. The number of halogens is 1. The molecule has 1 aliphatic rings. The summed E-state index contributed by atoms with van der Waals surface area (Å²) in [6.07, 6.45) is 5.53. The van der Waals surface area contributed by atoms with Crippen LogP contribution < -0.4 is 5.73 Å². The molecule has 2 rings (SSSR count). The molecule has 0 aliphatic heterocycles. The van der Waals surface area contributed by atoms with E-state index in [1.807, 2.05) is 12.1 Å². The van der Waals surface area contributed by atoms with Gasteiger partial charge in [0.2, 0.25) is 0 Å². The first-order valence-electron chi connectivity index (χ1n) is 8.19. The highest BCUT2D eigenvalue weighted by atomic mass is 35.5. The van der Waals surface area contributed by atoms with Crippen LogP contribution in [0.2, 0.25) is 5.02 Å².